The van der Waals surface area contributed by atoms with Crippen molar-refractivity contribution in [3.05, 3.63) is 34.0 Å². The molecule has 1 unspecified atom stereocenters. The average Bonchev–Trinajstić information content (AvgIpc) is 2.17. The Kier molecular flexibility index (Phi) is 4.14. The second kappa shape index (κ2) is 5.15. The lowest BCUT2D eigenvalue weighted by Gasteiger charge is -2.14. The summed E-state index contributed by atoms with van der Waals surface area (Å²) >= 11 is 3.34. The minimum absolute atomic E-state index is 0.312. The highest BCUT2D eigenvalue weighted by atomic mass is 79.9. The Bertz CT molecular complexity index is 313. The summed E-state index contributed by atoms with van der Waals surface area (Å²) in [6, 6.07) is 0. The van der Waals surface area contributed by atoms with E-state index in [9.17, 15) is 4.79 Å². The van der Waals surface area contributed by atoms with E-state index < -0.39 is 0 Å². The maximum absolute atomic E-state index is 10.8. The summed E-state index contributed by atoms with van der Waals surface area (Å²) < 4.78 is 6.03. The quantitative estimate of drug-likeness (QED) is 0.711. The van der Waals surface area contributed by atoms with Crippen LogP contribution in [-0.2, 0) is 9.53 Å². The fourth-order valence-electron chi connectivity index (χ4n) is 1.30. The number of allylic oxidation sites excluding steroid dienone is 6. The molecule has 0 aliphatic heterocycles. The van der Waals surface area contributed by atoms with E-state index in [1.54, 1.807) is 13.2 Å². The third-order valence-electron chi connectivity index (χ3n) is 2.18. The first kappa shape index (κ1) is 11.2. The van der Waals surface area contributed by atoms with Crippen molar-refractivity contribution >= 4 is 22.2 Å². The lowest BCUT2D eigenvalue weighted by molar-refractivity contribution is -0.104. The van der Waals surface area contributed by atoms with Crippen LogP contribution in [0.2, 0.25) is 0 Å². The molecule has 0 heterocycles. The van der Waals surface area contributed by atoms with Crippen molar-refractivity contribution < 1.29 is 9.53 Å². The first-order valence-corrected chi connectivity index (χ1v) is 5.25. The second-order valence-corrected chi connectivity index (χ2v) is 4.07. The molecule has 2 nitrogen and oxygen atoms in total. The van der Waals surface area contributed by atoms with Crippen LogP contribution < -0.4 is 0 Å². The molecule has 0 aromatic carbocycles. The Morgan fingerprint density at radius 3 is 2.93 bits per heavy atom. The Balaban J connectivity index is 3.12. The molecule has 3 heteroatoms. The van der Waals surface area contributed by atoms with Crippen molar-refractivity contribution in [2.75, 3.05) is 7.11 Å². The Hall–Kier alpha value is -0.830. The first-order chi connectivity index (χ1) is 6.69. The maximum atomic E-state index is 10.8. The molecule has 0 aromatic heterocycles. The fourth-order valence-corrected chi connectivity index (χ4v) is 1.70. The Labute approximate surface area is 92.5 Å². The number of carbonyl (C=O) groups excluding carboxylic acids is 1. The molecule has 0 amide bonds. The Morgan fingerprint density at radius 1 is 1.64 bits per heavy atom. The number of ether oxygens (including phenoxy) is 1. The van der Waals surface area contributed by atoms with Gasteiger partial charge < -0.3 is 4.74 Å². The minimum Gasteiger partial charge on any atom is -0.501 e. The van der Waals surface area contributed by atoms with Gasteiger partial charge >= 0.3 is 0 Å². The third kappa shape index (κ3) is 2.58. The van der Waals surface area contributed by atoms with Crippen LogP contribution in [0.3, 0.4) is 0 Å². The van der Waals surface area contributed by atoms with Gasteiger partial charge in [-0.05, 0) is 12.5 Å². The van der Waals surface area contributed by atoms with E-state index in [-0.39, 0.29) is 0 Å². The zero-order valence-electron chi connectivity index (χ0n) is 8.29. The van der Waals surface area contributed by atoms with E-state index in [2.05, 4.69) is 22.9 Å². The molecule has 1 atom stereocenters. The minimum atomic E-state index is 0.312. The van der Waals surface area contributed by atoms with E-state index in [1.165, 1.54) is 0 Å². The monoisotopic (exact) mass is 256 g/mol. The van der Waals surface area contributed by atoms with E-state index >= 15 is 0 Å². The molecule has 0 N–H and O–H groups in total. The van der Waals surface area contributed by atoms with Gasteiger partial charge in [0.05, 0.1) is 12.9 Å². The van der Waals surface area contributed by atoms with Gasteiger partial charge in [0.1, 0.15) is 0 Å². The van der Waals surface area contributed by atoms with Gasteiger partial charge in [0.2, 0.25) is 0 Å². The fraction of sp³-hybridized carbons (Fsp3) is 0.364. The van der Waals surface area contributed by atoms with Crippen LogP contribution in [0.15, 0.2) is 34.0 Å². The Morgan fingerprint density at radius 2 is 2.36 bits per heavy atom. The molecule has 1 aliphatic carbocycles. The molecule has 0 saturated carbocycles. The normalized spacial score (nSPS) is 22.5. The number of carbonyl (C=O) groups is 1. The summed E-state index contributed by atoms with van der Waals surface area (Å²) in [4.78, 5) is 10.8. The van der Waals surface area contributed by atoms with Crippen molar-refractivity contribution in [3.8, 4) is 0 Å². The van der Waals surface area contributed by atoms with Gasteiger partial charge in [0, 0.05) is 16.0 Å². The van der Waals surface area contributed by atoms with Gasteiger partial charge in [-0.25, -0.2) is 0 Å². The molecule has 76 valence electrons. The van der Waals surface area contributed by atoms with E-state index in [1.807, 2.05) is 12.2 Å². The van der Waals surface area contributed by atoms with Crippen molar-refractivity contribution in [1.82, 2.24) is 0 Å². The van der Waals surface area contributed by atoms with Crippen molar-refractivity contribution in [2.45, 2.75) is 13.3 Å². The maximum Gasteiger partial charge on any atom is 0.151 e. The molecule has 0 fully saturated rings. The molecule has 0 saturated heterocycles. The molecule has 1 aliphatic rings. The zero-order chi connectivity index (χ0) is 10.6. The van der Waals surface area contributed by atoms with Crippen molar-refractivity contribution in [1.29, 1.82) is 0 Å². The lowest BCUT2D eigenvalue weighted by atomic mass is 10.0. The predicted octanol–water partition coefficient (Wildman–Crippen LogP) is 2.96. The topological polar surface area (TPSA) is 26.3 Å². The van der Waals surface area contributed by atoms with Crippen LogP contribution in [0.5, 0.6) is 0 Å². The largest absolute Gasteiger partial charge is 0.501 e. The lowest BCUT2D eigenvalue weighted by Crippen LogP contribution is -2.03. The van der Waals surface area contributed by atoms with Gasteiger partial charge in [0.25, 0.3) is 0 Å². The van der Waals surface area contributed by atoms with E-state index in [0.717, 1.165) is 22.9 Å². The molecular weight excluding hydrogens is 244 g/mol. The number of hydrogen-bond donors (Lipinski definition) is 0. The molecule has 14 heavy (non-hydrogen) atoms. The van der Waals surface area contributed by atoms with Gasteiger partial charge in [-0.3, -0.25) is 4.79 Å². The number of rotatable bonds is 2. The summed E-state index contributed by atoms with van der Waals surface area (Å²) in [5, 5.41) is 0. The first-order valence-electron chi connectivity index (χ1n) is 4.46. The smallest absolute Gasteiger partial charge is 0.151 e. The van der Waals surface area contributed by atoms with Crippen LogP contribution in [-0.4, -0.2) is 13.4 Å². The van der Waals surface area contributed by atoms with Crippen LogP contribution in [0.25, 0.3) is 0 Å². The summed E-state index contributed by atoms with van der Waals surface area (Å²) in [6.45, 7) is 2.07. The summed E-state index contributed by atoms with van der Waals surface area (Å²) in [5.41, 5.74) is 0.615. The zero-order valence-corrected chi connectivity index (χ0v) is 9.87. The molecule has 0 radical (unpaired) electrons. The molecule has 1 rings (SSSR count). The van der Waals surface area contributed by atoms with E-state index in [0.29, 0.717) is 11.5 Å². The van der Waals surface area contributed by atoms with Crippen molar-refractivity contribution in [2.24, 2.45) is 5.92 Å². The number of halogens is 1. The van der Waals surface area contributed by atoms with Gasteiger partial charge in [-0.15, -0.1) is 0 Å². The highest BCUT2D eigenvalue weighted by Gasteiger charge is 2.11. The SMILES string of the molecule is COC1=CC(C=O)=C(Br)C=CCC1C. The van der Waals surface area contributed by atoms with Crippen LogP contribution in [0, 0.1) is 5.92 Å². The number of methoxy groups -OCH3 is 1. The summed E-state index contributed by atoms with van der Waals surface area (Å²) in [5.74, 6) is 1.15. The second-order valence-electron chi connectivity index (χ2n) is 3.21. The van der Waals surface area contributed by atoms with Crippen LogP contribution >= 0.6 is 15.9 Å². The highest BCUT2D eigenvalue weighted by molar-refractivity contribution is 9.12. The summed E-state index contributed by atoms with van der Waals surface area (Å²) in [7, 11) is 1.63. The van der Waals surface area contributed by atoms with Gasteiger partial charge in [-0.1, -0.05) is 35.0 Å². The van der Waals surface area contributed by atoms with Gasteiger partial charge in [0.15, 0.2) is 6.29 Å². The van der Waals surface area contributed by atoms with E-state index in [4.69, 9.17) is 4.74 Å². The highest BCUT2D eigenvalue weighted by Crippen LogP contribution is 2.24. The molecule has 0 aromatic rings. The van der Waals surface area contributed by atoms with Crippen LogP contribution in [0.1, 0.15) is 13.3 Å². The van der Waals surface area contributed by atoms with Gasteiger partial charge in [-0.2, -0.15) is 0 Å². The molecule has 0 bridgehead atoms. The predicted molar refractivity (Wildman–Crippen MR) is 60.0 cm³/mol. The van der Waals surface area contributed by atoms with Crippen molar-refractivity contribution in [3.63, 3.8) is 0 Å². The third-order valence-corrected chi connectivity index (χ3v) is 2.90. The van der Waals surface area contributed by atoms with Crippen LogP contribution in [0.4, 0.5) is 0 Å². The molecular formula is C11H13BrO2. The number of hydrogen-bond acceptors (Lipinski definition) is 2. The number of aldehydes is 1. The summed E-state index contributed by atoms with van der Waals surface area (Å²) in [6.07, 6.45) is 7.46. The average molecular weight is 257 g/mol. The molecule has 0 spiro atoms. The standard InChI is InChI=1S/C11H13BrO2/c1-8-4-3-5-10(12)9(7-13)6-11(8)14-2/h3,5-8H,4H2,1-2H3.